The highest BCUT2D eigenvalue weighted by molar-refractivity contribution is 7.00. The molecule has 3 rings (SSSR count). The molecule has 0 spiro atoms. The average Bonchev–Trinajstić information content (AvgIpc) is 2.67. The van der Waals surface area contributed by atoms with Gasteiger partial charge in [-0.2, -0.15) is 0 Å². The minimum Gasteiger partial charge on any atom is -0.534 e. The van der Waals surface area contributed by atoms with E-state index in [9.17, 15) is 10.0 Å². The molecule has 0 aliphatic heterocycles. The van der Waals surface area contributed by atoms with Crippen molar-refractivity contribution in [3.8, 4) is 5.75 Å². The van der Waals surface area contributed by atoms with E-state index < -0.39 is 15.4 Å². The molecule has 0 fully saturated rings. The predicted molar refractivity (Wildman–Crippen MR) is 115 cm³/mol. The zero-order valence-corrected chi connectivity index (χ0v) is 17.0. The van der Waals surface area contributed by atoms with Crippen molar-refractivity contribution in [1.29, 1.82) is 0 Å². The Hall–Kier alpha value is -2.34. The molecule has 2 N–H and O–H groups in total. The van der Waals surface area contributed by atoms with Crippen molar-refractivity contribution in [2.24, 2.45) is 0 Å². The summed E-state index contributed by atoms with van der Waals surface area (Å²) in [5.74, 6) is 0.730. The smallest absolute Gasteiger partial charge is 0.488 e. The summed E-state index contributed by atoms with van der Waals surface area (Å²) in [6.07, 6.45) is 0. The molecule has 0 aromatic heterocycles. The number of benzene rings is 3. The maximum atomic E-state index is 9.36. The highest BCUT2D eigenvalue weighted by atomic mass is 28.4. The third kappa shape index (κ3) is 3.86. The monoisotopic (exact) mass is 376 g/mol. The molecule has 0 bridgehead atoms. The SMILES string of the molecule is CC(C)(C)[Si](Oc1ccc(B(O)O)cc1)(c1ccccc1)c1ccccc1. The Balaban J connectivity index is 2.17. The van der Waals surface area contributed by atoms with Crippen molar-refractivity contribution in [2.45, 2.75) is 25.8 Å². The molecule has 3 aromatic rings. The van der Waals surface area contributed by atoms with Gasteiger partial charge in [-0.15, -0.1) is 0 Å². The Morgan fingerprint density at radius 3 is 1.52 bits per heavy atom. The van der Waals surface area contributed by atoms with Crippen LogP contribution in [0.2, 0.25) is 5.04 Å². The topological polar surface area (TPSA) is 49.7 Å². The fourth-order valence-electron chi connectivity index (χ4n) is 3.53. The van der Waals surface area contributed by atoms with E-state index in [4.69, 9.17) is 4.43 Å². The van der Waals surface area contributed by atoms with Gasteiger partial charge in [-0.25, -0.2) is 0 Å². The average molecular weight is 376 g/mol. The number of rotatable bonds is 5. The van der Waals surface area contributed by atoms with Crippen LogP contribution in [-0.4, -0.2) is 25.5 Å². The van der Waals surface area contributed by atoms with Crippen LogP contribution in [-0.2, 0) is 0 Å². The zero-order valence-electron chi connectivity index (χ0n) is 16.0. The quantitative estimate of drug-likeness (QED) is 0.672. The summed E-state index contributed by atoms with van der Waals surface area (Å²) < 4.78 is 6.85. The van der Waals surface area contributed by atoms with Crippen molar-refractivity contribution in [3.63, 3.8) is 0 Å². The maximum absolute atomic E-state index is 9.36. The van der Waals surface area contributed by atoms with Gasteiger partial charge in [0, 0.05) is 0 Å². The van der Waals surface area contributed by atoms with Gasteiger partial charge in [0.1, 0.15) is 5.75 Å². The first-order chi connectivity index (χ1) is 12.8. The molecule has 138 valence electrons. The summed E-state index contributed by atoms with van der Waals surface area (Å²) in [4.78, 5) is 0. The van der Waals surface area contributed by atoms with Gasteiger partial charge in [-0.05, 0) is 33.0 Å². The lowest BCUT2D eigenvalue weighted by atomic mass is 9.80. The molecular weight excluding hydrogens is 351 g/mol. The van der Waals surface area contributed by atoms with Crippen LogP contribution in [0.1, 0.15) is 20.8 Å². The van der Waals surface area contributed by atoms with Crippen LogP contribution in [0.4, 0.5) is 0 Å². The van der Waals surface area contributed by atoms with E-state index in [1.54, 1.807) is 12.1 Å². The lowest BCUT2D eigenvalue weighted by Crippen LogP contribution is -2.68. The highest BCUT2D eigenvalue weighted by Crippen LogP contribution is 2.37. The van der Waals surface area contributed by atoms with E-state index in [2.05, 4.69) is 69.3 Å². The molecule has 0 saturated carbocycles. The molecule has 3 aromatic carbocycles. The minimum atomic E-state index is -2.66. The van der Waals surface area contributed by atoms with Crippen LogP contribution >= 0.6 is 0 Å². The Labute approximate surface area is 162 Å². The van der Waals surface area contributed by atoms with E-state index in [1.807, 2.05) is 24.3 Å². The minimum absolute atomic E-state index is 0.120. The first-order valence-corrected chi connectivity index (χ1v) is 11.0. The first-order valence-electron chi connectivity index (χ1n) is 9.11. The van der Waals surface area contributed by atoms with E-state index in [0.29, 0.717) is 5.46 Å². The van der Waals surface area contributed by atoms with Gasteiger partial charge in [0.05, 0.1) is 0 Å². The fraction of sp³-hybridized carbons (Fsp3) is 0.182. The van der Waals surface area contributed by atoms with Crippen molar-refractivity contribution >= 4 is 31.3 Å². The molecule has 0 atom stereocenters. The largest absolute Gasteiger partial charge is 0.534 e. The van der Waals surface area contributed by atoms with Crippen LogP contribution < -0.4 is 20.3 Å². The van der Waals surface area contributed by atoms with Gasteiger partial charge in [-0.3, -0.25) is 0 Å². The van der Waals surface area contributed by atoms with E-state index >= 15 is 0 Å². The molecule has 0 aliphatic carbocycles. The normalized spacial score (nSPS) is 11.9. The Morgan fingerprint density at radius 2 is 1.15 bits per heavy atom. The van der Waals surface area contributed by atoms with Gasteiger partial charge in [-0.1, -0.05) is 93.6 Å². The van der Waals surface area contributed by atoms with Crippen molar-refractivity contribution in [2.75, 3.05) is 0 Å². The second kappa shape index (κ2) is 7.72. The van der Waals surface area contributed by atoms with E-state index in [-0.39, 0.29) is 5.04 Å². The molecule has 5 heteroatoms. The summed E-state index contributed by atoms with van der Waals surface area (Å²) in [5.41, 5.74) is 0.449. The molecule has 3 nitrogen and oxygen atoms in total. The molecule has 0 heterocycles. The third-order valence-corrected chi connectivity index (χ3v) is 9.81. The molecule has 0 radical (unpaired) electrons. The lowest BCUT2D eigenvalue weighted by Gasteiger charge is -2.43. The second-order valence-corrected chi connectivity index (χ2v) is 11.9. The van der Waals surface area contributed by atoms with Crippen LogP contribution in [0, 0.1) is 0 Å². The summed E-state index contributed by atoms with van der Waals surface area (Å²) >= 11 is 0. The van der Waals surface area contributed by atoms with Gasteiger partial charge >= 0.3 is 15.4 Å². The number of hydrogen-bond acceptors (Lipinski definition) is 3. The standard InChI is InChI=1S/C22H25BO3Si/c1-22(2,3)27(20-10-6-4-7-11-20,21-12-8-5-9-13-21)26-19-16-14-18(15-17-19)23(24)25/h4-17,24-25H,1-3H3. The summed E-state index contributed by atoms with van der Waals surface area (Å²) in [6.45, 7) is 6.68. The Morgan fingerprint density at radius 1 is 0.704 bits per heavy atom. The van der Waals surface area contributed by atoms with Crippen LogP contribution in [0.15, 0.2) is 84.9 Å². The molecule has 0 saturated heterocycles. The van der Waals surface area contributed by atoms with Crippen molar-refractivity contribution in [1.82, 2.24) is 0 Å². The first kappa shape index (κ1) is 19.4. The van der Waals surface area contributed by atoms with Crippen molar-refractivity contribution in [3.05, 3.63) is 84.9 Å². The van der Waals surface area contributed by atoms with Gasteiger partial charge in [0.25, 0.3) is 0 Å². The van der Waals surface area contributed by atoms with Crippen LogP contribution in [0.25, 0.3) is 0 Å². The molecule has 0 unspecified atom stereocenters. The number of hydrogen-bond donors (Lipinski definition) is 2. The fourth-order valence-corrected chi connectivity index (χ4v) is 7.95. The molecular formula is C22H25BO3Si. The summed E-state index contributed by atoms with van der Waals surface area (Å²) in [5, 5.41) is 21.0. The molecule has 0 amide bonds. The van der Waals surface area contributed by atoms with E-state index in [1.165, 1.54) is 10.4 Å². The third-order valence-electron chi connectivity index (χ3n) is 4.87. The van der Waals surface area contributed by atoms with Gasteiger partial charge < -0.3 is 14.5 Å². The highest BCUT2D eigenvalue weighted by Gasteiger charge is 2.52. The van der Waals surface area contributed by atoms with Crippen molar-refractivity contribution < 1.29 is 14.5 Å². The van der Waals surface area contributed by atoms with E-state index in [0.717, 1.165) is 5.75 Å². The summed E-state index contributed by atoms with van der Waals surface area (Å²) in [6, 6.07) is 27.9. The van der Waals surface area contributed by atoms with Gasteiger partial charge in [0.15, 0.2) is 0 Å². The van der Waals surface area contributed by atoms with Gasteiger partial charge in [0.2, 0.25) is 0 Å². The predicted octanol–water partition coefficient (Wildman–Crippen LogP) is 2.31. The maximum Gasteiger partial charge on any atom is 0.488 e. The van der Waals surface area contributed by atoms with Crippen LogP contribution in [0.3, 0.4) is 0 Å². The Bertz CT molecular complexity index is 820. The summed E-state index contributed by atoms with van der Waals surface area (Å²) in [7, 11) is -4.14. The lowest BCUT2D eigenvalue weighted by molar-refractivity contribution is 0.425. The zero-order chi connectivity index (χ0) is 19.5. The Kier molecular flexibility index (Phi) is 5.56. The van der Waals surface area contributed by atoms with Crippen LogP contribution in [0.5, 0.6) is 5.75 Å². The second-order valence-electron chi connectivity index (χ2n) is 7.71. The molecule has 0 aliphatic rings. The molecule has 27 heavy (non-hydrogen) atoms.